The molecule has 0 spiro atoms. The van der Waals surface area contributed by atoms with E-state index in [2.05, 4.69) is 4.98 Å². The lowest BCUT2D eigenvalue weighted by atomic mass is 10.0. The molecule has 3 aromatic rings. The smallest absolute Gasteiger partial charge is 0.264 e. The molecule has 152 valence electrons. The molecule has 1 aliphatic rings. The molecule has 0 bridgehead atoms. The van der Waals surface area contributed by atoms with E-state index >= 15 is 0 Å². The number of fused-ring (bicyclic) bond motifs is 1. The maximum atomic E-state index is 13.5. The Morgan fingerprint density at radius 3 is 2.79 bits per heavy atom. The quantitative estimate of drug-likeness (QED) is 0.656. The second-order valence-corrected chi connectivity index (χ2v) is 8.16. The average molecular weight is 413 g/mol. The second-order valence-electron chi connectivity index (χ2n) is 7.16. The Hall–Kier alpha value is -2.87. The molecule has 2 aromatic heterocycles. The maximum Gasteiger partial charge on any atom is 0.264 e. The molecular weight excluding hydrogens is 390 g/mol. The highest BCUT2D eigenvalue weighted by Gasteiger charge is 2.34. The van der Waals surface area contributed by atoms with Crippen molar-refractivity contribution >= 4 is 27.5 Å². The summed E-state index contributed by atoms with van der Waals surface area (Å²) in [5.74, 6) is 1.36. The van der Waals surface area contributed by atoms with Crippen LogP contribution in [0.4, 0.5) is 0 Å². The summed E-state index contributed by atoms with van der Waals surface area (Å²) < 4.78 is 12.3. The molecule has 4 rings (SSSR count). The molecular formula is C21H23N3O4S. The van der Waals surface area contributed by atoms with E-state index in [1.54, 1.807) is 21.3 Å². The van der Waals surface area contributed by atoms with Crippen molar-refractivity contribution in [1.82, 2.24) is 14.5 Å². The van der Waals surface area contributed by atoms with Gasteiger partial charge in [0.2, 0.25) is 0 Å². The standard InChI is InChI=1S/C21H23N3O4S/c1-12-17-19(22-11-23(2)20(17)25)29-18(12)21(26)24-9-5-6-15(24)14-8-7-13(27-3)10-16(14)28-4/h7-8,10-11,15H,5-6,9H2,1-4H3. The van der Waals surface area contributed by atoms with E-state index < -0.39 is 0 Å². The number of aromatic nitrogens is 2. The minimum absolute atomic E-state index is 0.0621. The number of nitrogens with zero attached hydrogens (tertiary/aromatic N) is 3. The molecule has 29 heavy (non-hydrogen) atoms. The minimum atomic E-state index is -0.127. The van der Waals surface area contributed by atoms with Gasteiger partial charge in [-0.3, -0.25) is 9.59 Å². The van der Waals surface area contributed by atoms with Crippen molar-refractivity contribution in [3.8, 4) is 11.5 Å². The number of amides is 1. The van der Waals surface area contributed by atoms with E-state index in [0.29, 0.717) is 38.7 Å². The fraction of sp³-hybridized carbons (Fsp3) is 0.381. The summed E-state index contributed by atoms with van der Waals surface area (Å²) in [6.07, 6.45) is 3.27. The summed E-state index contributed by atoms with van der Waals surface area (Å²) in [5, 5.41) is 0.529. The van der Waals surface area contributed by atoms with Crippen LogP contribution < -0.4 is 15.0 Å². The summed E-state index contributed by atoms with van der Waals surface area (Å²) in [5.41, 5.74) is 1.54. The minimum Gasteiger partial charge on any atom is -0.497 e. The lowest BCUT2D eigenvalue weighted by molar-refractivity contribution is 0.0738. The van der Waals surface area contributed by atoms with Crippen LogP contribution in [0.15, 0.2) is 29.3 Å². The van der Waals surface area contributed by atoms with Gasteiger partial charge >= 0.3 is 0 Å². The first-order valence-corrected chi connectivity index (χ1v) is 10.3. The summed E-state index contributed by atoms with van der Waals surface area (Å²) in [6, 6.07) is 5.61. The molecule has 0 aliphatic carbocycles. The highest BCUT2D eigenvalue weighted by atomic mass is 32.1. The SMILES string of the molecule is COc1ccc(C2CCCN2C(=O)c2sc3ncn(C)c(=O)c3c2C)c(OC)c1. The second kappa shape index (κ2) is 7.51. The molecule has 8 heteroatoms. The van der Waals surface area contributed by atoms with Crippen molar-refractivity contribution in [1.29, 1.82) is 0 Å². The topological polar surface area (TPSA) is 73.7 Å². The lowest BCUT2D eigenvalue weighted by Gasteiger charge is -2.26. The molecule has 0 radical (unpaired) electrons. The van der Waals surface area contributed by atoms with Gasteiger partial charge in [-0.1, -0.05) is 0 Å². The number of rotatable bonds is 4. The third kappa shape index (κ3) is 3.17. The average Bonchev–Trinajstić information content (AvgIpc) is 3.35. The molecule has 7 nitrogen and oxygen atoms in total. The third-order valence-corrected chi connectivity index (χ3v) is 6.71. The fourth-order valence-corrected chi connectivity index (χ4v) is 5.07. The molecule has 1 unspecified atom stereocenters. The largest absolute Gasteiger partial charge is 0.497 e. The van der Waals surface area contributed by atoms with Gasteiger partial charge in [0.05, 0.1) is 36.9 Å². The number of aryl methyl sites for hydroxylation is 2. The third-order valence-electron chi connectivity index (χ3n) is 5.52. The van der Waals surface area contributed by atoms with Crippen molar-refractivity contribution in [2.24, 2.45) is 7.05 Å². The molecule has 1 amide bonds. The number of methoxy groups -OCH3 is 2. The predicted molar refractivity (Wildman–Crippen MR) is 112 cm³/mol. The number of hydrogen-bond donors (Lipinski definition) is 0. The van der Waals surface area contributed by atoms with Gasteiger partial charge in [-0.25, -0.2) is 4.98 Å². The summed E-state index contributed by atoms with van der Waals surface area (Å²) in [4.78, 5) is 33.4. The van der Waals surface area contributed by atoms with Gasteiger partial charge in [0.1, 0.15) is 16.3 Å². The van der Waals surface area contributed by atoms with Crippen LogP contribution in [0, 0.1) is 6.92 Å². The van der Waals surface area contributed by atoms with Crippen molar-refractivity contribution < 1.29 is 14.3 Å². The van der Waals surface area contributed by atoms with Crippen LogP contribution in [-0.4, -0.2) is 41.1 Å². The van der Waals surface area contributed by atoms with E-state index in [-0.39, 0.29) is 17.5 Å². The zero-order valence-electron chi connectivity index (χ0n) is 16.9. The molecule has 3 heterocycles. The van der Waals surface area contributed by atoms with Gasteiger partial charge in [-0.05, 0) is 37.5 Å². The van der Waals surface area contributed by atoms with Crippen LogP contribution in [0.25, 0.3) is 10.2 Å². The zero-order valence-corrected chi connectivity index (χ0v) is 17.7. The van der Waals surface area contributed by atoms with E-state index in [0.717, 1.165) is 18.4 Å². The van der Waals surface area contributed by atoms with Gasteiger partial charge in [0.15, 0.2) is 0 Å². The van der Waals surface area contributed by atoms with E-state index in [1.807, 2.05) is 30.0 Å². The molecule has 0 saturated carbocycles. The van der Waals surface area contributed by atoms with Gasteiger partial charge in [0, 0.05) is 25.2 Å². The summed E-state index contributed by atoms with van der Waals surface area (Å²) >= 11 is 1.29. The molecule has 1 atom stereocenters. The molecule has 1 aliphatic heterocycles. The van der Waals surface area contributed by atoms with Crippen LogP contribution in [0.5, 0.6) is 11.5 Å². The maximum absolute atomic E-state index is 13.5. The number of thiophene rings is 1. The first kappa shape index (κ1) is 19.4. The monoisotopic (exact) mass is 413 g/mol. The fourth-order valence-electron chi connectivity index (χ4n) is 3.97. The van der Waals surface area contributed by atoms with E-state index in [9.17, 15) is 9.59 Å². The number of carbonyl (C=O) groups is 1. The van der Waals surface area contributed by atoms with Crippen molar-refractivity contribution in [3.63, 3.8) is 0 Å². The predicted octanol–water partition coefficient (Wildman–Crippen LogP) is 3.30. The molecule has 1 fully saturated rings. The Balaban J connectivity index is 1.74. The first-order chi connectivity index (χ1) is 14.0. The number of hydrogen-bond acceptors (Lipinski definition) is 6. The highest BCUT2D eigenvalue weighted by molar-refractivity contribution is 7.20. The normalized spacial score (nSPS) is 16.4. The van der Waals surface area contributed by atoms with Crippen LogP contribution in [0.3, 0.4) is 0 Å². The van der Waals surface area contributed by atoms with Gasteiger partial charge in [0.25, 0.3) is 11.5 Å². The van der Waals surface area contributed by atoms with Crippen LogP contribution in [0.1, 0.15) is 39.7 Å². The van der Waals surface area contributed by atoms with E-state index in [4.69, 9.17) is 9.47 Å². The Bertz CT molecular complexity index is 1150. The zero-order chi connectivity index (χ0) is 20.7. The van der Waals surface area contributed by atoms with Gasteiger partial charge in [-0.2, -0.15) is 0 Å². The Morgan fingerprint density at radius 2 is 2.07 bits per heavy atom. The van der Waals surface area contributed by atoms with E-state index in [1.165, 1.54) is 22.2 Å². The highest BCUT2D eigenvalue weighted by Crippen LogP contribution is 2.40. The van der Waals surface area contributed by atoms with Crippen molar-refractivity contribution in [2.75, 3.05) is 20.8 Å². The Kier molecular flexibility index (Phi) is 5.04. The van der Waals surface area contributed by atoms with Crippen LogP contribution >= 0.6 is 11.3 Å². The number of ether oxygens (including phenoxy) is 2. The van der Waals surface area contributed by atoms with Gasteiger partial charge in [-0.15, -0.1) is 11.3 Å². The van der Waals surface area contributed by atoms with Crippen molar-refractivity contribution in [3.05, 3.63) is 50.9 Å². The van der Waals surface area contributed by atoms with Crippen molar-refractivity contribution in [2.45, 2.75) is 25.8 Å². The number of likely N-dealkylation sites (tertiary alicyclic amines) is 1. The first-order valence-electron chi connectivity index (χ1n) is 9.44. The molecule has 0 N–H and O–H groups in total. The van der Waals surface area contributed by atoms with Crippen LogP contribution in [-0.2, 0) is 7.05 Å². The summed E-state index contributed by atoms with van der Waals surface area (Å²) in [7, 11) is 4.90. The lowest BCUT2D eigenvalue weighted by Crippen LogP contribution is -2.30. The number of benzene rings is 1. The van der Waals surface area contributed by atoms with Gasteiger partial charge < -0.3 is 18.9 Å². The summed E-state index contributed by atoms with van der Waals surface area (Å²) in [6.45, 7) is 2.49. The molecule has 1 saturated heterocycles. The Morgan fingerprint density at radius 1 is 1.28 bits per heavy atom. The number of carbonyl (C=O) groups excluding carboxylic acids is 1. The Labute approximate surface area is 172 Å². The molecule has 1 aromatic carbocycles. The van der Waals surface area contributed by atoms with Crippen LogP contribution in [0.2, 0.25) is 0 Å².